The first-order valence-electron chi connectivity index (χ1n) is 11.1. The molecule has 7 nitrogen and oxygen atoms in total. The molecule has 2 aromatic heterocycles. The molecule has 0 spiro atoms. The number of hydrogen-bond acceptors (Lipinski definition) is 5. The first-order chi connectivity index (χ1) is 16.1. The highest BCUT2D eigenvalue weighted by Crippen LogP contribution is 2.37. The van der Waals surface area contributed by atoms with E-state index < -0.39 is 17.9 Å². The molecule has 0 radical (unpaired) electrons. The van der Waals surface area contributed by atoms with Crippen LogP contribution in [0.4, 0.5) is 8.78 Å². The van der Waals surface area contributed by atoms with Crippen LogP contribution in [0.2, 0.25) is 0 Å². The van der Waals surface area contributed by atoms with E-state index in [1.807, 2.05) is 32.9 Å². The molecule has 1 fully saturated rings. The Morgan fingerprint density at radius 1 is 1.24 bits per heavy atom. The highest BCUT2D eigenvalue weighted by atomic mass is 19.3. The Balaban J connectivity index is 1.79. The minimum Gasteiger partial charge on any atom is -0.496 e. The number of carbonyl (C=O) groups excluding carboxylic acids is 2. The van der Waals surface area contributed by atoms with Crippen molar-refractivity contribution in [1.29, 1.82) is 0 Å². The number of ether oxygens (including phenoxy) is 2. The van der Waals surface area contributed by atoms with Gasteiger partial charge in [-0.25, -0.2) is 4.98 Å². The predicted octanol–water partition coefficient (Wildman–Crippen LogP) is 4.76. The number of ketones is 1. The number of benzene rings is 1. The number of imidazole rings is 1. The summed E-state index contributed by atoms with van der Waals surface area (Å²) in [6.45, 7) is 2.46. The lowest BCUT2D eigenvalue weighted by atomic mass is 9.80. The standard InChI is InChI=1S/C25H27F2N3O4/c1-5-20(31)25(2,3)15-8-9-30-17(13-28-21(30)12-15)14-10-18(33-4)22(19(11-14)34-24(26)27)23(32)29-16-6-7-16/h8-13,16,24H,5-7H2,1-4H3,(H,29,32). The van der Waals surface area contributed by atoms with Crippen molar-refractivity contribution in [3.05, 3.63) is 47.8 Å². The second kappa shape index (κ2) is 9.04. The quantitative estimate of drug-likeness (QED) is 0.487. The molecule has 1 aliphatic carbocycles. The van der Waals surface area contributed by atoms with E-state index in [4.69, 9.17) is 9.47 Å². The predicted molar refractivity (Wildman–Crippen MR) is 123 cm³/mol. The highest BCUT2D eigenvalue weighted by Gasteiger charge is 2.30. The zero-order valence-corrected chi connectivity index (χ0v) is 19.5. The lowest BCUT2D eigenvalue weighted by Gasteiger charge is -2.23. The van der Waals surface area contributed by atoms with Crippen LogP contribution in [0.3, 0.4) is 0 Å². The number of fused-ring (bicyclic) bond motifs is 1. The maximum atomic E-state index is 13.2. The third-order valence-corrected chi connectivity index (χ3v) is 6.19. The van der Waals surface area contributed by atoms with Gasteiger partial charge in [0.15, 0.2) is 0 Å². The molecule has 3 aromatic rings. The number of carbonyl (C=O) groups is 2. The summed E-state index contributed by atoms with van der Waals surface area (Å²) in [5.41, 5.74) is 1.76. The van der Waals surface area contributed by atoms with E-state index in [2.05, 4.69) is 10.3 Å². The number of amides is 1. The van der Waals surface area contributed by atoms with Crippen molar-refractivity contribution in [2.24, 2.45) is 0 Å². The van der Waals surface area contributed by atoms with E-state index in [9.17, 15) is 18.4 Å². The van der Waals surface area contributed by atoms with Crippen LogP contribution < -0.4 is 14.8 Å². The second-order valence-electron chi connectivity index (χ2n) is 8.87. The number of rotatable bonds is 9. The van der Waals surface area contributed by atoms with Crippen molar-refractivity contribution in [1.82, 2.24) is 14.7 Å². The molecule has 0 bridgehead atoms. The van der Waals surface area contributed by atoms with E-state index in [0.29, 0.717) is 23.3 Å². The topological polar surface area (TPSA) is 81.9 Å². The number of halogens is 2. The number of Topliss-reactive ketones (excluding diaryl/α,β-unsaturated/α-hetero) is 1. The van der Waals surface area contributed by atoms with Crippen molar-refractivity contribution in [3.8, 4) is 22.8 Å². The van der Waals surface area contributed by atoms with Gasteiger partial charge >= 0.3 is 6.61 Å². The first-order valence-corrected chi connectivity index (χ1v) is 11.1. The van der Waals surface area contributed by atoms with Gasteiger partial charge in [0.1, 0.15) is 28.5 Å². The van der Waals surface area contributed by atoms with Crippen LogP contribution in [-0.4, -0.2) is 40.8 Å². The third kappa shape index (κ3) is 4.47. The smallest absolute Gasteiger partial charge is 0.387 e. The molecule has 1 aromatic carbocycles. The minimum atomic E-state index is -3.12. The number of methoxy groups -OCH3 is 1. The molecule has 1 saturated carbocycles. The van der Waals surface area contributed by atoms with Gasteiger partial charge in [0.05, 0.1) is 19.0 Å². The zero-order valence-electron chi connectivity index (χ0n) is 19.5. The van der Waals surface area contributed by atoms with Crippen LogP contribution in [0.5, 0.6) is 11.5 Å². The molecule has 4 rings (SSSR count). The van der Waals surface area contributed by atoms with Gasteiger partial charge < -0.3 is 14.8 Å². The molecule has 0 unspecified atom stereocenters. The summed E-state index contributed by atoms with van der Waals surface area (Å²) in [6, 6.07) is 6.70. The van der Waals surface area contributed by atoms with E-state index in [-0.39, 0.29) is 28.9 Å². The second-order valence-corrected chi connectivity index (χ2v) is 8.87. The Morgan fingerprint density at radius 3 is 2.56 bits per heavy atom. The summed E-state index contributed by atoms with van der Waals surface area (Å²) in [4.78, 5) is 29.6. The normalized spacial score (nSPS) is 13.9. The van der Waals surface area contributed by atoms with Crippen LogP contribution in [0.15, 0.2) is 36.7 Å². The van der Waals surface area contributed by atoms with Crippen LogP contribution in [0.25, 0.3) is 16.9 Å². The van der Waals surface area contributed by atoms with Crippen LogP contribution in [0, 0.1) is 0 Å². The summed E-state index contributed by atoms with van der Waals surface area (Å²) in [5.74, 6) is -0.564. The Hall–Kier alpha value is -3.49. The summed E-state index contributed by atoms with van der Waals surface area (Å²) < 4.78 is 38.3. The Labute approximate surface area is 196 Å². The van der Waals surface area contributed by atoms with Crippen molar-refractivity contribution in [3.63, 3.8) is 0 Å². The molecule has 0 saturated heterocycles. The van der Waals surface area contributed by atoms with Crippen LogP contribution in [-0.2, 0) is 10.2 Å². The largest absolute Gasteiger partial charge is 0.496 e. The fraction of sp³-hybridized carbons (Fsp3) is 0.400. The number of nitrogens with one attached hydrogen (secondary N) is 1. The van der Waals surface area contributed by atoms with E-state index in [0.717, 1.165) is 18.4 Å². The molecule has 34 heavy (non-hydrogen) atoms. The Kier molecular flexibility index (Phi) is 6.29. The van der Waals surface area contributed by atoms with Gasteiger partial charge in [0.25, 0.3) is 5.91 Å². The molecular weight excluding hydrogens is 444 g/mol. The Bertz CT molecular complexity index is 1250. The molecule has 9 heteroatoms. The summed E-state index contributed by atoms with van der Waals surface area (Å²) in [7, 11) is 1.37. The zero-order chi connectivity index (χ0) is 24.6. The maximum absolute atomic E-state index is 13.2. The Morgan fingerprint density at radius 2 is 1.94 bits per heavy atom. The highest BCUT2D eigenvalue weighted by molar-refractivity contribution is 6.01. The fourth-order valence-electron chi connectivity index (χ4n) is 3.98. The number of aromatic nitrogens is 2. The average Bonchev–Trinajstić information content (AvgIpc) is 3.51. The van der Waals surface area contributed by atoms with E-state index >= 15 is 0 Å². The molecule has 0 atom stereocenters. The first kappa shape index (κ1) is 23.7. The van der Waals surface area contributed by atoms with Crippen molar-refractivity contribution in [2.45, 2.75) is 58.1 Å². The minimum absolute atomic E-state index is 0.0353. The summed E-state index contributed by atoms with van der Waals surface area (Å²) in [6.07, 6.45) is 5.50. The van der Waals surface area contributed by atoms with Crippen LogP contribution in [0.1, 0.15) is 56.0 Å². The van der Waals surface area contributed by atoms with Gasteiger partial charge in [0, 0.05) is 29.6 Å². The van der Waals surface area contributed by atoms with Crippen molar-refractivity contribution in [2.75, 3.05) is 7.11 Å². The van der Waals surface area contributed by atoms with Gasteiger partial charge in [-0.1, -0.05) is 6.92 Å². The number of nitrogens with zero attached hydrogens (tertiary/aromatic N) is 2. The van der Waals surface area contributed by atoms with Gasteiger partial charge in [-0.2, -0.15) is 8.78 Å². The molecule has 180 valence electrons. The average molecular weight is 472 g/mol. The monoisotopic (exact) mass is 471 g/mol. The van der Waals surface area contributed by atoms with Gasteiger partial charge in [-0.15, -0.1) is 0 Å². The molecular formula is C25H27F2N3O4. The fourth-order valence-corrected chi connectivity index (χ4v) is 3.98. The van der Waals surface area contributed by atoms with E-state index in [1.165, 1.54) is 13.2 Å². The molecule has 1 amide bonds. The van der Waals surface area contributed by atoms with Crippen molar-refractivity contribution >= 4 is 17.3 Å². The molecule has 1 aliphatic rings. The number of pyridine rings is 1. The summed E-state index contributed by atoms with van der Waals surface area (Å²) in [5, 5.41) is 2.79. The third-order valence-electron chi connectivity index (χ3n) is 6.19. The van der Waals surface area contributed by atoms with Gasteiger partial charge in [-0.3, -0.25) is 14.0 Å². The number of hydrogen-bond donors (Lipinski definition) is 1. The number of alkyl halides is 2. The lowest BCUT2D eigenvalue weighted by Crippen LogP contribution is -2.28. The summed E-state index contributed by atoms with van der Waals surface area (Å²) >= 11 is 0. The van der Waals surface area contributed by atoms with Crippen molar-refractivity contribution < 1.29 is 27.8 Å². The van der Waals surface area contributed by atoms with E-state index in [1.54, 1.807) is 22.9 Å². The molecule has 0 aliphatic heterocycles. The van der Waals surface area contributed by atoms with Gasteiger partial charge in [0.2, 0.25) is 0 Å². The van der Waals surface area contributed by atoms with Gasteiger partial charge in [-0.05, 0) is 56.5 Å². The van der Waals surface area contributed by atoms with Crippen LogP contribution >= 0.6 is 0 Å². The molecule has 1 N–H and O–H groups in total. The SMILES string of the molecule is CCC(=O)C(C)(C)c1ccn2c(-c3cc(OC)c(C(=O)NC4CC4)c(OC(F)F)c3)cnc2c1. The molecule has 2 heterocycles. The lowest BCUT2D eigenvalue weighted by molar-refractivity contribution is -0.123. The maximum Gasteiger partial charge on any atom is 0.387 e.